The van der Waals surface area contributed by atoms with Crippen LogP contribution in [0.1, 0.15) is 31.8 Å². The molecule has 0 aliphatic carbocycles. The third-order valence-corrected chi connectivity index (χ3v) is 5.07. The molecule has 0 bridgehead atoms. The van der Waals surface area contributed by atoms with E-state index < -0.39 is 0 Å². The van der Waals surface area contributed by atoms with Crippen LogP contribution in [-0.2, 0) is 11.2 Å². The summed E-state index contributed by atoms with van der Waals surface area (Å²) in [6.45, 7) is 1.76. The lowest BCUT2D eigenvalue weighted by Gasteiger charge is -2.35. The van der Waals surface area contributed by atoms with Gasteiger partial charge in [0.25, 0.3) is 11.8 Å². The maximum Gasteiger partial charge on any atom is 0.254 e. The monoisotopic (exact) mass is 374 g/mol. The molecule has 7 nitrogen and oxygen atoms in total. The number of nitrogens with zero attached hydrogens (tertiary/aromatic N) is 3. The molecule has 7 heteroatoms. The van der Waals surface area contributed by atoms with Crippen LogP contribution in [0.2, 0.25) is 0 Å². The number of carbonyl (C=O) groups excluding carboxylic acids is 3. The van der Waals surface area contributed by atoms with Crippen molar-refractivity contribution in [1.29, 1.82) is 5.26 Å². The SMILES string of the molecule is N#Cc1cccc(C(=O)N2CCN(C(=O)c3ccc4c(c3)CC(=O)N4)CC2)c1. The maximum atomic E-state index is 12.8. The smallest absolute Gasteiger partial charge is 0.254 e. The van der Waals surface area contributed by atoms with Crippen LogP contribution in [0.15, 0.2) is 42.5 Å². The molecule has 2 aromatic carbocycles. The Balaban J connectivity index is 1.41. The molecule has 2 aromatic rings. The molecule has 0 radical (unpaired) electrons. The zero-order chi connectivity index (χ0) is 19.7. The van der Waals surface area contributed by atoms with E-state index in [9.17, 15) is 14.4 Å². The first kappa shape index (κ1) is 17.7. The minimum absolute atomic E-state index is 0.0628. The number of nitrogens with one attached hydrogen (secondary N) is 1. The topological polar surface area (TPSA) is 93.5 Å². The van der Waals surface area contributed by atoms with Gasteiger partial charge in [0.15, 0.2) is 0 Å². The summed E-state index contributed by atoms with van der Waals surface area (Å²) in [6, 6.07) is 13.9. The number of carbonyl (C=O) groups is 3. The third kappa shape index (κ3) is 3.32. The summed E-state index contributed by atoms with van der Waals surface area (Å²) in [5, 5.41) is 11.7. The van der Waals surface area contributed by atoms with Gasteiger partial charge in [-0.25, -0.2) is 0 Å². The Hall–Kier alpha value is -3.66. The number of benzene rings is 2. The molecular weight excluding hydrogens is 356 g/mol. The molecule has 3 amide bonds. The average Bonchev–Trinajstić information content (AvgIpc) is 3.12. The highest BCUT2D eigenvalue weighted by Gasteiger charge is 2.27. The fourth-order valence-corrected chi connectivity index (χ4v) is 3.56. The minimum Gasteiger partial charge on any atom is -0.335 e. The first-order chi connectivity index (χ1) is 13.5. The molecule has 1 N–H and O–H groups in total. The second kappa shape index (κ2) is 7.16. The number of nitriles is 1. The van der Waals surface area contributed by atoms with Crippen LogP contribution in [0.5, 0.6) is 0 Å². The summed E-state index contributed by atoms with van der Waals surface area (Å²) in [5.41, 5.74) is 3.08. The van der Waals surface area contributed by atoms with Crippen molar-refractivity contribution in [1.82, 2.24) is 9.80 Å². The molecule has 0 atom stereocenters. The molecule has 140 valence electrons. The van der Waals surface area contributed by atoms with E-state index in [0.717, 1.165) is 11.3 Å². The largest absolute Gasteiger partial charge is 0.335 e. The number of rotatable bonds is 2. The van der Waals surface area contributed by atoms with Crippen molar-refractivity contribution >= 4 is 23.4 Å². The van der Waals surface area contributed by atoms with Crippen molar-refractivity contribution in [2.24, 2.45) is 0 Å². The van der Waals surface area contributed by atoms with E-state index >= 15 is 0 Å². The first-order valence-corrected chi connectivity index (χ1v) is 9.06. The van der Waals surface area contributed by atoms with Gasteiger partial charge in [0.05, 0.1) is 18.1 Å². The number of anilines is 1. The lowest BCUT2D eigenvalue weighted by atomic mass is 10.1. The van der Waals surface area contributed by atoms with Crippen molar-refractivity contribution in [3.8, 4) is 6.07 Å². The van der Waals surface area contributed by atoms with Crippen LogP contribution < -0.4 is 5.32 Å². The third-order valence-electron chi connectivity index (χ3n) is 5.07. The zero-order valence-electron chi connectivity index (χ0n) is 15.1. The number of hydrogen-bond acceptors (Lipinski definition) is 4. The van der Waals surface area contributed by atoms with Gasteiger partial charge in [0, 0.05) is 43.0 Å². The van der Waals surface area contributed by atoms with E-state index in [1.165, 1.54) is 0 Å². The first-order valence-electron chi connectivity index (χ1n) is 9.06. The predicted octanol–water partition coefficient (Wildman–Crippen LogP) is 1.65. The Morgan fingerprint density at radius 1 is 0.929 bits per heavy atom. The minimum atomic E-state index is -0.133. The highest BCUT2D eigenvalue weighted by molar-refractivity contribution is 6.01. The summed E-state index contributed by atoms with van der Waals surface area (Å²) < 4.78 is 0. The molecule has 1 saturated heterocycles. The fourth-order valence-electron chi connectivity index (χ4n) is 3.56. The van der Waals surface area contributed by atoms with Crippen molar-refractivity contribution in [3.05, 3.63) is 64.7 Å². The molecule has 0 aromatic heterocycles. The number of amides is 3. The van der Waals surface area contributed by atoms with Crippen LogP contribution in [0.4, 0.5) is 5.69 Å². The fraction of sp³-hybridized carbons (Fsp3) is 0.238. The van der Waals surface area contributed by atoms with E-state index in [-0.39, 0.29) is 17.7 Å². The van der Waals surface area contributed by atoms with Crippen molar-refractivity contribution in [2.45, 2.75) is 6.42 Å². The second-order valence-corrected chi connectivity index (χ2v) is 6.87. The lowest BCUT2D eigenvalue weighted by Crippen LogP contribution is -2.50. The molecule has 2 aliphatic rings. The van der Waals surface area contributed by atoms with Crippen LogP contribution in [0, 0.1) is 11.3 Å². The zero-order valence-corrected chi connectivity index (χ0v) is 15.1. The van der Waals surface area contributed by atoms with Gasteiger partial charge in [-0.15, -0.1) is 0 Å². The molecule has 2 heterocycles. The van der Waals surface area contributed by atoms with E-state index in [4.69, 9.17) is 5.26 Å². The van der Waals surface area contributed by atoms with E-state index in [1.54, 1.807) is 52.3 Å². The number of fused-ring (bicyclic) bond motifs is 1. The summed E-state index contributed by atoms with van der Waals surface area (Å²) in [5.74, 6) is -0.292. The molecular formula is C21H18N4O3. The van der Waals surface area contributed by atoms with Crippen molar-refractivity contribution in [3.63, 3.8) is 0 Å². The molecule has 0 saturated carbocycles. The summed E-state index contributed by atoms with van der Waals surface area (Å²) in [7, 11) is 0. The Kier molecular flexibility index (Phi) is 4.53. The van der Waals surface area contributed by atoms with Gasteiger partial charge in [0.1, 0.15) is 0 Å². The van der Waals surface area contributed by atoms with Crippen LogP contribution >= 0.6 is 0 Å². The lowest BCUT2D eigenvalue weighted by molar-refractivity contribution is -0.115. The average molecular weight is 374 g/mol. The van der Waals surface area contributed by atoms with Gasteiger partial charge >= 0.3 is 0 Å². The maximum absolute atomic E-state index is 12.8. The van der Waals surface area contributed by atoms with E-state index in [1.807, 2.05) is 6.07 Å². The summed E-state index contributed by atoms with van der Waals surface area (Å²) >= 11 is 0. The second-order valence-electron chi connectivity index (χ2n) is 6.87. The summed E-state index contributed by atoms with van der Waals surface area (Å²) in [4.78, 5) is 40.3. The molecule has 4 rings (SSSR count). The highest BCUT2D eigenvalue weighted by atomic mass is 16.2. The Labute approximate surface area is 162 Å². The van der Waals surface area contributed by atoms with Crippen LogP contribution in [0.25, 0.3) is 0 Å². The van der Waals surface area contributed by atoms with Gasteiger partial charge in [0.2, 0.25) is 5.91 Å². The quantitative estimate of drug-likeness (QED) is 0.865. The van der Waals surface area contributed by atoms with Crippen LogP contribution in [-0.4, -0.2) is 53.7 Å². The number of piperazine rings is 1. The number of hydrogen-bond donors (Lipinski definition) is 1. The van der Waals surface area contributed by atoms with Gasteiger partial charge < -0.3 is 15.1 Å². The molecule has 2 aliphatic heterocycles. The molecule has 0 spiro atoms. The molecule has 1 fully saturated rings. The van der Waals surface area contributed by atoms with Gasteiger partial charge in [-0.1, -0.05) is 6.07 Å². The summed E-state index contributed by atoms with van der Waals surface area (Å²) in [6.07, 6.45) is 0.292. The Morgan fingerprint density at radius 2 is 1.57 bits per heavy atom. The van der Waals surface area contributed by atoms with Crippen LogP contribution in [0.3, 0.4) is 0 Å². The van der Waals surface area contributed by atoms with Gasteiger partial charge in [-0.3, -0.25) is 14.4 Å². The standard InChI is InChI=1S/C21H18N4O3/c22-13-14-2-1-3-15(10-14)20(27)24-6-8-25(9-7-24)21(28)16-4-5-18-17(11-16)12-19(26)23-18/h1-5,10-11H,6-9,12H2,(H,23,26). The van der Waals surface area contributed by atoms with Gasteiger partial charge in [-0.2, -0.15) is 5.26 Å². The van der Waals surface area contributed by atoms with Crippen molar-refractivity contribution in [2.75, 3.05) is 31.5 Å². The Bertz CT molecular complexity index is 1020. The van der Waals surface area contributed by atoms with Crippen molar-refractivity contribution < 1.29 is 14.4 Å². The molecule has 28 heavy (non-hydrogen) atoms. The normalized spacial score (nSPS) is 15.6. The highest BCUT2D eigenvalue weighted by Crippen LogP contribution is 2.24. The van der Waals surface area contributed by atoms with E-state index in [2.05, 4.69) is 5.32 Å². The van der Waals surface area contributed by atoms with Gasteiger partial charge in [-0.05, 0) is 42.0 Å². The predicted molar refractivity (Wildman–Crippen MR) is 102 cm³/mol. The molecule has 0 unspecified atom stereocenters. The Morgan fingerprint density at radius 3 is 2.21 bits per heavy atom. The van der Waals surface area contributed by atoms with E-state index in [0.29, 0.717) is 49.3 Å².